The average Bonchev–Trinajstić information content (AvgIpc) is 2.98. The van der Waals surface area contributed by atoms with Gasteiger partial charge in [0.05, 0.1) is 6.20 Å². The zero-order valence-electron chi connectivity index (χ0n) is 14.1. The van der Waals surface area contributed by atoms with Gasteiger partial charge in [-0.05, 0) is 55.8 Å². The highest BCUT2D eigenvalue weighted by Gasteiger charge is 2.21. The molecule has 0 saturated carbocycles. The molecule has 0 spiro atoms. The summed E-state index contributed by atoms with van der Waals surface area (Å²) in [6.45, 7) is 1.90. The number of ether oxygens (including phenoxy) is 1. The van der Waals surface area contributed by atoms with Crippen molar-refractivity contribution in [1.29, 1.82) is 0 Å². The van der Waals surface area contributed by atoms with E-state index in [-0.39, 0.29) is 37.2 Å². The Morgan fingerprint density at radius 2 is 1.80 bits per heavy atom. The fraction of sp³-hybridized carbons (Fsp3) is 0.333. The first-order chi connectivity index (χ1) is 10.8. The van der Waals surface area contributed by atoms with Crippen molar-refractivity contribution in [3.63, 3.8) is 0 Å². The Hall–Kier alpha value is -1.33. The second-order valence-electron chi connectivity index (χ2n) is 5.66. The molecule has 0 unspecified atom stereocenters. The van der Waals surface area contributed by atoms with Crippen LogP contribution < -0.4 is 4.74 Å². The highest BCUT2D eigenvalue weighted by molar-refractivity contribution is 5.86. The highest BCUT2D eigenvalue weighted by atomic mass is 35.5. The maximum Gasteiger partial charge on any atom is 0.138 e. The van der Waals surface area contributed by atoms with Gasteiger partial charge in [-0.2, -0.15) is 0 Å². The summed E-state index contributed by atoms with van der Waals surface area (Å²) in [5, 5.41) is 0. The van der Waals surface area contributed by atoms with Crippen molar-refractivity contribution in [2.75, 3.05) is 20.2 Å². The van der Waals surface area contributed by atoms with Crippen molar-refractivity contribution in [3.05, 3.63) is 54.1 Å². The molecule has 7 heteroatoms. The molecule has 0 bridgehead atoms. The van der Waals surface area contributed by atoms with E-state index in [2.05, 4.69) is 21.9 Å². The normalized spacial score (nSPS) is 16.6. The van der Waals surface area contributed by atoms with Gasteiger partial charge in [-0.15, -0.1) is 37.2 Å². The Labute approximate surface area is 167 Å². The first-order valence-corrected chi connectivity index (χ1v) is 7.67. The van der Waals surface area contributed by atoms with Gasteiger partial charge in [0.2, 0.25) is 0 Å². The van der Waals surface area contributed by atoms with Gasteiger partial charge in [0.1, 0.15) is 12.4 Å². The third-order valence-corrected chi connectivity index (χ3v) is 4.02. The minimum Gasteiger partial charge on any atom is -0.490 e. The van der Waals surface area contributed by atoms with Gasteiger partial charge in [0.15, 0.2) is 0 Å². The Bertz CT molecular complexity index is 640. The van der Waals surface area contributed by atoms with Crippen LogP contribution in [0, 0.1) is 0 Å². The fourth-order valence-electron chi connectivity index (χ4n) is 2.65. The van der Waals surface area contributed by atoms with Crippen LogP contribution in [0.3, 0.4) is 0 Å². The molecule has 0 aromatic carbocycles. The van der Waals surface area contributed by atoms with E-state index in [1.54, 1.807) is 18.6 Å². The lowest BCUT2D eigenvalue weighted by Gasteiger charge is -2.19. The molecule has 4 nitrogen and oxygen atoms in total. The first-order valence-electron chi connectivity index (χ1n) is 7.67. The van der Waals surface area contributed by atoms with E-state index >= 15 is 0 Å². The van der Waals surface area contributed by atoms with Crippen LogP contribution in [0.1, 0.15) is 24.0 Å². The highest BCUT2D eigenvalue weighted by Crippen LogP contribution is 2.18. The van der Waals surface area contributed by atoms with Gasteiger partial charge in [-0.25, -0.2) is 0 Å². The zero-order chi connectivity index (χ0) is 15.2. The van der Waals surface area contributed by atoms with E-state index in [0.717, 1.165) is 23.5 Å². The smallest absolute Gasteiger partial charge is 0.138 e. The fourth-order valence-corrected chi connectivity index (χ4v) is 2.65. The summed E-state index contributed by atoms with van der Waals surface area (Å²) in [5.41, 5.74) is 2.16. The van der Waals surface area contributed by atoms with Crippen LogP contribution in [0.15, 0.2) is 43.0 Å². The van der Waals surface area contributed by atoms with Gasteiger partial charge in [-0.1, -0.05) is 12.2 Å². The molecule has 1 fully saturated rings. The monoisotopic (exact) mass is 403 g/mol. The minimum atomic E-state index is 0. The van der Waals surface area contributed by atoms with Gasteiger partial charge in [-0.3, -0.25) is 9.97 Å². The topological polar surface area (TPSA) is 38.2 Å². The summed E-state index contributed by atoms with van der Waals surface area (Å²) in [4.78, 5) is 10.6. The molecule has 1 atom stereocenters. The summed E-state index contributed by atoms with van der Waals surface area (Å²) in [7, 11) is 2.16. The Morgan fingerprint density at radius 1 is 1.08 bits per heavy atom. The van der Waals surface area contributed by atoms with E-state index in [9.17, 15) is 0 Å². The molecule has 2 aromatic heterocycles. The molecular weight excluding hydrogens is 381 g/mol. The van der Waals surface area contributed by atoms with E-state index < -0.39 is 0 Å². The third kappa shape index (κ3) is 7.20. The number of pyridine rings is 2. The van der Waals surface area contributed by atoms with Crippen LogP contribution in [0.4, 0.5) is 0 Å². The summed E-state index contributed by atoms with van der Waals surface area (Å²) < 4.78 is 5.90. The summed E-state index contributed by atoms with van der Waals surface area (Å²) >= 11 is 0. The number of rotatable bonds is 5. The van der Waals surface area contributed by atoms with Crippen molar-refractivity contribution in [2.24, 2.45) is 0 Å². The minimum absolute atomic E-state index is 0. The van der Waals surface area contributed by atoms with Crippen LogP contribution in [0.2, 0.25) is 0 Å². The molecule has 138 valence electrons. The first kappa shape index (κ1) is 23.7. The van der Waals surface area contributed by atoms with Gasteiger partial charge in [0, 0.05) is 24.6 Å². The van der Waals surface area contributed by atoms with Crippen molar-refractivity contribution in [2.45, 2.75) is 18.9 Å². The number of aromatic nitrogens is 2. The molecule has 25 heavy (non-hydrogen) atoms. The lowest BCUT2D eigenvalue weighted by Crippen LogP contribution is -2.30. The largest absolute Gasteiger partial charge is 0.490 e. The van der Waals surface area contributed by atoms with E-state index in [0.29, 0.717) is 6.04 Å². The van der Waals surface area contributed by atoms with E-state index in [4.69, 9.17) is 4.74 Å². The molecule has 1 aliphatic rings. The van der Waals surface area contributed by atoms with Gasteiger partial charge in [0.25, 0.3) is 0 Å². The van der Waals surface area contributed by atoms with Crippen molar-refractivity contribution in [1.82, 2.24) is 14.9 Å². The van der Waals surface area contributed by atoms with Crippen molar-refractivity contribution in [3.8, 4) is 5.75 Å². The second-order valence-corrected chi connectivity index (χ2v) is 5.66. The van der Waals surface area contributed by atoms with Crippen LogP contribution in [0.5, 0.6) is 5.75 Å². The number of halogens is 3. The van der Waals surface area contributed by atoms with Gasteiger partial charge >= 0.3 is 0 Å². The molecule has 3 rings (SSSR count). The number of nitrogens with zero attached hydrogens (tertiary/aromatic N) is 3. The van der Waals surface area contributed by atoms with Crippen LogP contribution in [-0.2, 0) is 0 Å². The maximum absolute atomic E-state index is 5.90. The molecule has 3 heterocycles. The zero-order valence-corrected chi connectivity index (χ0v) is 16.5. The summed E-state index contributed by atoms with van der Waals surface area (Å²) in [6, 6.07) is 6.50. The van der Waals surface area contributed by atoms with Crippen LogP contribution in [-0.4, -0.2) is 41.1 Å². The SMILES string of the molecule is CN1CCC[C@H]1COc1cncc(C=Cc2ccncc2)c1.Cl.Cl.Cl. The lowest BCUT2D eigenvalue weighted by atomic mass is 10.2. The Balaban J connectivity index is 0.00000192. The van der Waals surface area contributed by atoms with Crippen LogP contribution >= 0.6 is 37.2 Å². The van der Waals surface area contributed by atoms with Crippen LogP contribution in [0.25, 0.3) is 12.2 Å². The quantitative estimate of drug-likeness (QED) is 0.741. The molecular formula is C18H24Cl3N3O. The summed E-state index contributed by atoms with van der Waals surface area (Å²) in [5.74, 6) is 0.831. The van der Waals surface area contributed by atoms with Crippen molar-refractivity contribution < 1.29 is 4.74 Å². The lowest BCUT2D eigenvalue weighted by molar-refractivity contribution is 0.198. The predicted molar refractivity (Wildman–Crippen MR) is 110 cm³/mol. The molecule has 1 saturated heterocycles. The number of hydrogen-bond donors (Lipinski definition) is 0. The maximum atomic E-state index is 5.90. The number of hydrogen-bond acceptors (Lipinski definition) is 4. The average molecular weight is 405 g/mol. The molecule has 1 aliphatic heterocycles. The molecule has 0 aliphatic carbocycles. The molecule has 0 amide bonds. The molecule has 0 N–H and O–H groups in total. The van der Waals surface area contributed by atoms with E-state index in [1.165, 1.54) is 19.4 Å². The predicted octanol–water partition coefficient (Wildman–Crippen LogP) is 4.39. The standard InChI is InChI=1S/C18H21N3O.3ClH/c1-21-10-2-3-17(21)14-22-18-11-16(12-20-13-18)5-4-15-6-8-19-9-7-15;;;/h4-9,11-13,17H,2-3,10,14H2,1H3;3*1H/t17-;;;/m0.../s1. The number of likely N-dealkylation sites (N-methyl/N-ethyl adjacent to an activating group) is 1. The van der Waals surface area contributed by atoms with Gasteiger partial charge < -0.3 is 9.64 Å². The molecule has 0 radical (unpaired) electrons. The Morgan fingerprint density at radius 3 is 2.48 bits per heavy atom. The summed E-state index contributed by atoms with van der Waals surface area (Å²) in [6.07, 6.45) is 13.8. The Kier molecular flexibility index (Phi) is 11.4. The number of likely N-dealkylation sites (tertiary alicyclic amines) is 1. The van der Waals surface area contributed by atoms with Crippen molar-refractivity contribution >= 4 is 49.4 Å². The van der Waals surface area contributed by atoms with E-state index in [1.807, 2.05) is 36.5 Å². The third-order valence-electron chi connectivity index (χ3n) is 4.02. The molecule has 2 aromatic rings. The second kappa shape index (κ2) is 12.1.